The Morgan fingerprint density at radius 1 is 1.00 bits per heavy atom. The van der Waals surface area contributed by atoms with E-state index >= 15 is 0 Å². The van der Waals surface area contributed by atoms with Crippen LogP contribution in [0.25, 0.3) is 0 Å². The van der Waals surface area contributed by atoms with Gasteiger partial charge in [-0.05, 0) is 63.2 Å². The van der Waals surface area contributed by atoms with Crippen molar-refractivity contribution in [2.75, 3.05) is 24.9 Å². The van der Waals surface area contributed by atoms with Crippen LogP contribution >= 0.6 is 11.6 Å². The lowest BCUT2D eigenvalue weighted by Gasteiger charge is -2.16. The highest BCUT2D eigenvalue weighted by Crippen LogP contribution is 2.29. The molecule has 2 aromatic carbocycles. The number of aromatic nitrogens is 2. The Kier molecular flexibility index (Phi) is 7.05. The van der Waals surface area contributed by atoms with Crippen molar-refractivity contribution in [1.82, 2.24) is 9.78 Å². The van der Waals surface area contributed by atoms with E-state index in [9.17, 15) is 9.59 Å². The maximum atomic E-state index is 12.7. The number of nitrogens with one attached hydrogen (secondary N) is 2. The zero-order valence-corrected chi connectivity index (χ0v) is 19.3. The summed E-state index contributed by atoms with van der Waals surface area (Å²) in [4.78, 5) is 25.3. The molecular formula is C23H25ClN4O4. The molecule has 0 radical (unpaired) electrons. The minimum atomic E-state index is -0.510. The number of hydrogen-bond acceptors (Lipinski definition) is 5. The van der Waals surface area contributed by atoms with Crippen LogP contribution in [0.2, 0.25) is 5.02 Å². The van der Waals surface area contributed by atoms with Gasteiger partial charge in [0.25, 0.3) is 5.91 Å². The van der Waals surface area contributed by atoms with Gasteiger partial charge in [0.2, 0.25) is 5.91 Å². The van der Waals surface area contributed by atoms with Gasteiger partial charge in [-0.25, -0.2) is 0 Å². The van der Waals surface area contributed by atoms with Crippen LogP contribution < -0.4 is 20.1 Å². The van der Waals surface area contributed by atoms with Gasteiger partial charge >= 0.3 is 0 Å². The number of aryl methyl sites for hydroxylation is 2. The van der Waals surface area contributed by atoms with Crippen molar-refractivity contribution in [1.29, 1.82) is 0 Å². The normalized spacial score (nSPS) is 11.6. The summed E-state index contributed by atoms with van der Waals surface area (Å²) < 4.78 is 12.1. The Bertz CT molecular complexity index is 1160. The number of nitrogens with zero attached hydrogens (tertiary/aromatic N) is 2. The zero-order chi connectivity index (χ0) is 23.4. The van der Waals surface area contributed by atoms with Crippen LogP contribution in [-0.2, 0) is 4.79 Å². The molecule has 9 heteroatoms. The molecule has 0 saturated heterocycles. The second-order valence-corrected chi connectivity index (χ2v) is 7.66. The lowest BCUT2D eigenvalue weighted by molar-refractivity contribution is -0.119. The number of halogens is 1. The molecule has 32 heavy (non-hydrogen) atoms. The summed E-state index contributed by atoms with van der Waals surface area (Å²) in [6, 6.07) is 11.1. The Labute approximate surface area is 191 Å². The van der Waals surface area contributed by atoms with Gasteiger partial charge < -0.3 is 20.1 Å². The number of ether oxygens (including phenoxy) is 2. The highest BCUT2D eigenvalue weighted by molar-refractivity contribution is 6.34. The van der Waals surface area contributed by atoms with Crippen molar-refractivity contribution in [3.63, 3.8) is 0 Å². The molecule has 0 spiro atoms. The van der Waals surface area contributed by atoms with Crippen molar-refractivity contribution in [2.45, 2.75) is 26.8 Å². The molecule has 2 amide bonds. The fourth-order valence-corrected chi connectivity index (χ4v) is 3.49. The first-order chi connectivity index (χ1) is 15.2. The molecule has 1 unspecified atom stereocenters. The Morgan fingerprint density at radius 2 is 1.72 bits per heavy atom. The molecule has 168 valence electrons. The molecule has 0 aliphatic heterocycles. The van der Waals surface area contributed by atoms with Crippen LogP contribution in [0.4, 0.5) is 11.4 Å². The van der Waals surface area contributed by atoms with Gasteiger partial charge in [0, 0.05) is 16.9 Å². The summed E-state index contributed by atoms with van der Waals surface area (Å²) in [6.45, 7) is 5.53. The molecule has 0 fully saturated rings. The highest BCUT2D eigenvalue weighted by atomic mass is 35.5. The molecule has 1 aromatic heterocycles. The highest BCUT2D eigenvalue weighted by Gasteiger charge is 2.19. The predicted octanol–water partition coefficient (Wildman–Crippen LogP) is 4.62. The first-order valence-corrected chi connectivity index (χ1v) is 10.3. The number of rotatable bonds is 7. The standard InChI is InChI=1S/C23H25ClN4O4/c1-13-10-14(2)28(27-13)15(3)22(29)26-19-8-7-17(12-18(19)24)25-23(30)16-6-9-20(31-4)21(11-16)32-5/h6-12,15H,1-5H3,(H,25,30)(H,26,29). The van der Waals surface area contributed by atoms with E-state index in [-0.39, 0.29) is 11.8 Å². The van der Waals surface area contributed by atoms with Gasteiger partial charge in [0.05, 0.1) is 30.6 Å². The minimum absolute atomic E-state index is 0.250. The average Bonchev–Trinajstić information content (AvgIpc) is 3.12. The quantitative estimate of drug-likeness (QED) is 0.540. The van der Waals surface area contributed by atoms with Gasteiger partial charge in [-0.2, -0.15) is 5.10 Å². The molecule has 1 atom stereocenters. The predicted molar refractivity (Wildman–Crippen MR) is 124 cm³/mol. The summed E-state index contributed by atoms with van der Waals surface area (Å²) in [5.41, 5.74) is 3.06. The van der Waals surface area contributed by atoms with Gasteiger partial charge in [-0.1, -0.05) is 11.6 Å². The van der Waals surface area contributed by atoms with E-state index in [0.717, 1.165) is 11.4 Å². The summed E-state index contributed by atoms with van der Waals surface area (Å²) in [6.07, 6.45) is 0. The fourth-order valence-electron chi connectivity index (χ4n) is 3.26. The van der Waals surface area contributed by atoms with Gasteiger partial charge in [-0.3, -0.25) is 14.3 Å². The Morgan fingerprint density at radius 3 is 2.31 bits per heavy atom. The molecule has 8 nitrogen and oxygen atoms in total. The molecule has 0 saturated carbocycles. The maximum absolute atomic E-state index is 12.7. The SMILES string of the molecule is COc1ccc(C(=O)Nc2ccc(NC(=O)C(C)n3nc(C)cc3C)c(Cl)c2)cc1OC. The number of carbonyl (C=O) groups is 2. The lowest BCUT2D eigenvalue weighted by Crippen LogP contribution is -2.25. The van der Waals surface area contributed by atoms with Crippen LogP contribution in [0.3, 0.4) is 0 Å². The second-order valence-electron chi connectivity index (χ2n) is 7.26. The van der Waals surface area contributed by atoms with Crippen LogP contribution in [0.1, 0.15) is 34.7 Å². The number of carbonyl (C=O) groups excluding carboxylic acids is 2. The average molecular weight is 457 g/mol. The van der Waals surface area contributed by atoms with Crippen LogP contribution in [-0.4, -0.2) is 35.8 Å². The first-order valence-electron chi connectivity index (χ1n) is 9.90. The van der Waals surface area contributed by atoms with E-state index in [0.29, 0.717) is 33.5 Å². The van der Waals surface area contributed by atoms with Crippen molar-refractivity contribution in [3.8, 4) is 11.5 Å². The van der Waals surface area contributed by atoms with Crippen LogP contribution in [0.15, 0.2) is 42.5 Å². The molecule has 0 aliphatic carbocycles. The number of methoxy groups -OCH3 is 2. The molecule has 0 aliphatic rings. The van der Waals surface area contributed by atoms with E-state index in [4.69, 9.17) is 21.1 Å². The topological polar surface area (TPSA) is 94.5 Å². The van der Waals surface area contributed by atoms with Crippen molar-refractivity contribution >= 4 is 34.8 Å². The summed E-state index contributed by atoms with van der Waals surface area (Å²) in [7, 11) is 3.03. The third-order valence-corrected chi connectivity index (χ3v) is 5.23. The smallest absolute Gasteiger partial charge is 0.255 e. The van der Waals surface area contributed by atoms with E-state index in [1.165, 1.54) is 14.2 Å². The largest absolute Gasteiger partial charge is 0.493 e. The first kappa shape index (κ1) is 23.1. The number of hydrogen-bond donors (Lipinski definition) is 2. The van der Waals surface area contributed by atoms with Crippen LogP contribution in [0.5, 0.6) is 11.5 Å². The second kappa shape index (κ2) is 9.74. The van der Waals surface area contributed by atoms with Crippen molar-refractivity contribution < 1.29 is 19.1 Å². The lowest BCUT2D eigenvalue weighted by atomic mass is 10.1. The molecule has 3 aromatic rings. The summed E-state index contributed by atoms with van der Waals surface area (Å²) in [5, 5.41) is 10.2. The van der Waals surface area contributed by atoms with E-state index in [2.05, 4.69) is 15.7 Å². The molecule has 0 bridgehead atoms. The van der Waals surface area contributed by atoms with E-state index < -0.39 is 6.04 Å². The Balaban J connectivity index is 1.70. The fraction of sp³-hybridized carbons (Fsp3) is 0.261. The minimum Gasteiger partial charge on any atom is -0.493 e. The van der Waals surface area contributed by atoms with Crippen LogP contribution in [0, 0.1) is 13.8 Å². The number of benzene rings is 2. The molecule has 3 rings (SSSR count). The van der Waals surface area contributed by atoms with E-state index in [1.807, 2.05) is 19.9 Å². The van der Waals surface area contributed by atoms with Crippen molar-refractivity contribution in [3.05, 3.63) is 64.4 Å². The summed E-state index contributed by atoms with van der Waals surface area (Å²) in [5.74, 6) is 0.395. The number of anilines is 2. The molecular weight excluding hydrogens is 432 g/mol. The monoisotopic (exact) mass is 456 g/mol. The number of amides is 2. The van der Waals surface area contributed by atoms with Gasteiger partial charge in [-0.15, -0.1) is 0 Å². The third kappa shape index (κ3) is 5.03. The molecule has 2 N–H and O–H groups in total. The summed E-state index contributed by atoms with van der Waals surface area (Å²) >= 11 is 6.35. The third-order valence-electron chi connectivity index (χ3n) is 4.92. The van der Waals surface area contributed by atoms with Crippen molar-refractivity contribution in [2.24, 2.45) is 0 Å². The van der Waals surface area contributed by atoms with Gasteiger partial charge in [0.15, 0.2) is 11.5 Å². The van der Waals surface area contributed by atoms with Gasteiger partial charge in [0.1, 0.15) is 6.04 Å². The Hall–Kier alpha value is -3.52. The maximum Gasteiger partial charge on any atom is 0.255 e. The zero-order valence-electron chi connectivity index (χ0n) is 18.5. The van der Waals surface area contributed by atoms with E-state index in [1.54, 1.807) is 48.0 Å². The molecule has 1 heterocycles.